The van der Waals surface area contributed by atoms with E-state index in [1.165, 1.54) is 5.56 Å². The van der Waals surface area contributed by atoms with Crippen LogP contribution in [0, 0.1) is 0 Å². The molecule has 0 saturated carbocycles. The minimum Gasteiger partial charge on any atom is -0.347 e. The number of nitrogens with zero attached hydrogens (tertiary/aromatic N) is 3. The number of carbonyl (C=O) groups excluding carboxylic acids is 1. The molecule has 0 saturated heterocycles. The largest absolute Gasteiger partial charge is 0.347 e. The van der Waals surface area contributed by atoms with Crippen LogP contribution in [0.25, 0.3) is 0 Å². The van der Waals surface area contributed by atoms with Crippen molar-refractivity contribution in [2.45, 2.75) is 26.1 Å². The first kappa shape index (κ1) is 13.8. The molecule has 1 aromatic heterocycles. The Labute approximate surface area is 124 Å². The van der Waals surface area contributed by atoms with E-state index < -0.39 is 0 Å². The highest BCUT2D eigenvalue weighted by molar-refractivity contribution is 5.73. The van der Waals surface area contributed by atoms with Crippen LogP contribution in [0.5, 0.6) is 0 Å². The number of nitrogens with one attached hydrogen (secondary N) is 1. The van der Waals surface area contributed by atoms with Crippen molar-refractivity contribution in [3.05, 3.63) is 53.6 Å². The lowest BCUT2D eigenvalue weighted by Gasteiger charge is -2.33. The van der Waals surface area contributed by atoms with Gasteiger partial charge in [-0.3, -0.25) is 9.69 Å². The van der Waals surface area contributed by atoms with Crippen molar-refractivity contribution in [2.75, 3.05) is 6.54 Å². The highest BCUT2D eigenvalue weighted by Gasteiger charge is 2.29. The molecule has 5 heteroatoms. The van der Waals surface area contributed by atoms with Gasteiger partial charge in [0.2, 0.25) is 5.91 Å². The summed E-state index contributed by atoms with van der Waals surface area (Å²) >= 11 is 0. The van der Waals surface area contributed by atoms with Crippen molar-refractivity contribution < 1.29 is 4.79 Å². The Morgan fingerprint density at radius 2 is 2.14 bits per heavy atom. The molecule has 3 rings (SSSR count). The van der Waals surface area contributed by atoms with Crippen LogP contribution >= 0.6 is 0 Å². The van der Waals surface area contributed by atoms with Crippen molar-refractivity contribution in [3.63, 3.8) is 0 Å². The molecule has 2 heterocycles. The van der Waals surface area contributed by atoms with Crippen molar-refractivity contribution in [1.82, 2.24) is 19.8 Å². The number of imidazole rings is 1. The number of rotatable bonds is 3. The first-order valence-electron chi connectivity index (χ1n) is 7.17. The Bertz CT molecular complexity index is 635. The molecule has 0 radical (unpaired) electrons. The zero-order chi connectivity index (χ0) is 14.8. The fourth-order valence-corrected chi connectivity index (χ4v) is 3.00. The van der Waals surface area contributed by atoms with E-state index in [0.29, 0.717) is 0 Å². The molecule has 1 aliphatic rings. The van der Waals surface area contributed by atoms with Crippen LogP contribution < -0.4 is 5.32 Å². The third-order valence-electron chi connectivity index (χ3n) is 3.83. The van der Waals surface area contributed by atoms with Crippen LogP contribution in [0.2, 0.25) is 0 Å². The van der Waals surface area contributed by atoms with Gasteiger partial charge in [0.05, 0.1) is 23.8 Å². The van der Waals surface area contributed by atoms with Gasteiger partial charge in [-0.1, -0.05) is 30.3 Å². The topological polar surface area (TPSA) is 50.2 Å². The van der Waals surface area contributed by atoms with Gasteiger partial charge in [-0.2, -0.15) is 0 Å². The van der Waals surface area contributed by atoms with Crippen LogP contribution in [0.15, 0.2) is 36.7 Å². The van der Waals surface area contributed by atoms with E-state index in [9.17, 15) is 4.79 Å². The smallest absolute Gasteiger partial charge is 0.217 e. The lowest BCUT2D eigenvalue weighted by molar-refractivity contribution is -0.120. The number of amides is 1. The molecule has 1 aliphatic heterocycles. The summed E-state index contributed by atoms with van der Waals surface area (Å²) in [6, 6.07) is 10.4. The zero-order valence-electron chi connectivity index (χ0n) is 12.4. The number of hydrogen-bond donors (Lipinski definition) is 1. The van der Waals surface area contributed by atoms with E-state index in [2.05, 4.69) is 39.5 Å². The first-order valence-corrected chi connectivity index (χ1v) is 7.17. The molecule has 0 bridgehead atoms. The summed E-state index contributed by atoms with van der Waals surface area (Å²) in [5, 5.41) is 3.04. The SMILES string of the molecule is CC(=O)NC1CN(Cc2ccccc2)Cc2ncn(C)c21. The van der Waals surface area contributed by atoms with Crippen molar-refractivity contribution in [2.24, 2.45) is 7.05 Å². The van der Waals surface area contributed by atoms with Crippen LogP contribution in [-0.4, -0.2) is 26.9 Å². The molecule has 21 heavy (non-hydrogen) atoms. The summed E-state index contributed by atoms with van der Waals surface area (Å²) in [6.45, 7) is 4.06. The van der Waals surface area contributed by atoms with E-state index >= 15 is 0 Å². The van der Waals surface area contributed by atoms with Crippen molar-refractivity contribution in [1.29, 1.82) is 0 Å². The van der Waals surface area contributed by atoms with Crippen molar-refractivity contribution >= 4 is 5.91 Å². The quantitative estimate of drug-likeness (QED) is 0.931. The third kappa shape index (κ3) is 2.97. The van der Waals surface area contributed by atoms with Gasteiger partial charge in [0.25, 0.3) is 0 Å². The maximum atomic E-state index is 11.5. The number of fused-ring (bicyclic) bond motifs is 1. The minimum absolute atomic E-state index is 0.00228. The van der Waals surface area contributed by atoms with E-state index in [1.54, 1.807) is 6.92 Å². The van der Waals surface area contributed by atoms with Gasteiger partial charge in [0.1, 0.15) is 0 Å². The number of benzene rings is 1. The number of aromatic nitrogens is 2. The van der Waals surface area contributed by atoms with Gasteiger partial charge >= 0.3 is 0 Å². The summed E-state index contributed by atoms with van der Waals surface area (Å²) in [6.07, 6.45) is 1.82. The van der Waals surface area contributed by atoms with E-state index in [-0.39, 0.29) is 11.9 Å². The van der Waals surface area contributed by atoms with E-state index in [4.69, 9.17) is 0 Å². The summed E-state index contributed by atoms with van der Waals surface area (Å²) in [5.74, 6) is -0.00582. The van der Waals surface area contributed by atoms with Crippen LogP contribution in [-0.2, 0) is 24.9 Å². The second-order valence-corrected chi connectivity index (χ2v) is 5.60. The number of carbonyl (C=O) groups is 1. The molecule has 1 unspecified atom stereocenters. The van der Waals surface area contributed by atoms with Crippen LogP contribution in [0.1, 0.15) is 29.9 Å². The van der Waals surface area contributed by atoms with Crippen LogP contribution in [0.4, 0.5) is 0 Å². The van der Waals surface area contributed by atoms with Gasteiger partial charge in [-0.15, -0.1) is 0 Å². The highest BCUT2D eigenvalue weighted by Crippen LogP contribution is 2.26. The predicted molar refractivity (Wildman–Crippen MR) is 80.3 cm³/mol. The van der Waals surface area contributed by atoms with E-state index in [1.807, 2.05) is 24.0 Å². The minimum atomic E-state index is -0.00582. The Balaban J connectivity index is 1.82. The molecular formula is C16H20N4O. The Morgan fingerprint density at radius 1 is 1.38 bits per heavy atom. The monoisotopic (exact) mass is 284 g/mol. The summed E-state index contributed by atoms with van der Waals surface area (Å²) in [5.41, 5.74) is 3.45. The van der Waals surface area contributed by atoms with Gasteiger partial charge in [0.15, 0.2) is 0 Å². The fraction of sp³-hybridized carbons (Fsp3) is 0.375. The molecule has 2 aromatic rings. The maximum absolute atomic E-state index is 11.5. The molecule has 0 spiro atoms. The lowest BCUT2D eigenvalue weighted by atomic mass is 10.0. The van der Waals surface area contributed by atoms with Gasteiger partial charge in [-0.05, 0) is 5.56 Å². The van der Waals surface area contributed by atoms with Gasteiger partial charge < -0.3 is 9.88 Å². The fourth-order valence-electron chi connectivity index (χ4n) is 3.00. The zero-order valence-corrected chi connectivity index (χ0v) is 12.4. The maximum Gasteiger partial charge on any atom is 0.217 e. The summed E-state index contributed by atoms with van der Waals surface area (Å²) in [4.78, 5) is 18.3. The third-order valence-corrected chi connectivity index (χ3v) is 3.83. The van der Waals surface area contributed by atoms with Crippen LogP contribution in [0.3, 0.4) is 0 Å². The lowest BCUT2D eigenvalue weighted by Crippen LogP contribution is -2.41. The molecule has 5 nitrogen and oxygen atoms in total. The second-order valence-electron chi connectivity index (χ2n) is 5.60. The number of hydrogen-bond acceptors (Lipinski definition) is 3. The average molecular weight is 284 g/mol. The van der Waals surface area contributed by atoms with Gasteiger partial charge in [-0.25, -0.2) is 4.98 Å². The normalized spacial score (nSPS) is 18.3. The molecule has 1 atom stereocenters. The standard InChI is InChI=1S/C16H20N4O/c1-12(21)18-15-10-20(8-13-6-4-3-5-7-13)9-14-16(15)19(2)11-17-14/h3-7,11,15H,8-10H2,1-2H3,(H,18,21). The highest BCUT2D eigenvalue weighted by atomic mass is 16.1. The molecule has 0 aliphatic carbocycles. The molecule has 0 fully saturated rings. The molecule has 110 valence electrons. The molecular weight excluding hydrogens is 264 g/mol. The average Bonchev–Trinajstić information content (AvgIpc) is 2.81. The molecule has 1 N–H and O–H groups in total. The summed E-state index contributed by atoms with van der Waals surface area (Å²) in [7, 11) is 1.98. The molecule has 1 aromatic carbocycles. The summed E-state index contributed by atoms with van der Waals surface area (Å²) < 4.78 is 2.01. The second kappa shape index (κ2) is 5.69. The van der Waals surface area contributed by atoms with E-state index in [0.717, 1.165) is 31.0 Å². The predicted octanol–water partition coefficient (Wildman–Crippen LogP) is 1.61. The Kier molecular flexibility index (Phi) is 3.75. The van der Waals surface area contributed by atoms with Gasteiger partial charge in [0, 0.05) is 33.6 Å². The first-order chi connectivity index (χ1) is 10.1. The number of aryl methyl sites for hydroxylation is 1. The molecule has 1 amide bonds. The van der Waals surface area contributed by atoms with Crippen molar-refractivity contribution in [3.8, 4) is 0 Å². The Morgan fingerprint density at radius 3 is 2.86 bits per heavy atom. The Hall–Kier alpha value is -2.14.